The normalized spacial score (nSPS) is 12.3. The van der Waals surface area contributed by atoms with E-state index in [0.717, 1.165) is 5.56 Å². The smallest absolute Gasteiger partial charge is 0.233 e. The van der Waals surface area contributed by atoms with Gasteiger partial charge in [-0.3, -0.25) is 8.72 Å². The van der Waals surface area contributed by atoms with Crippen molar-refractivity contribution in [2.45, 2.75) is 46.6 Å². The Bertz CT molecular complexity index is 406. The predicted molar refractivity (Wildman–Crippen MR) is 79.3 cm³/mol. The van der Waals surface area contributed by atoms with Crippen LogP contribution in [0.5, 0.6) is 0 Å². The maximum Gasteiger partial charge on any atom is 0.233 e. The van der Waals surface area contributed by atoms with Crippen LogP contribution in [0.2, 0.25) is 0 Å². The lowest BCUT2D eigenvalue weighted by molar-refractivity contribution is -0.130. The summed E-state index contributed by atoms with van der Waals surface area (Å²) in [5.74, 6) is 0.108. The van der Waals surface area contributed by atoms with Crippen LogP contribution in [0.1, 0.15) is 46.6 Å². The Balaban J connectivity index is 2.89. The molecule has 1 rings (SSSR count). The molecule has 3 heteroatoms. The number of carbonyl (C=O) groups is 1. The second kappa shape index (κ2) is 5.43. The summed E-state index contributed by atoms with van der Waals surface area (Å²) < 4.78 is 1.67. The third-order valence-electron chi connectivity index (χ3n) is 2.87. The van der Waals surface area contributed by atoms with E-state index in [1.54, 1.807) is 3.93 Å². The van der Waals surface area contributed by atoms with Gasteiger partial charge in [0, 0.05) is 6.42 Å². The monoisotopic (exact) mass is 311 g/mol. The quantitative estimate of drug-likeness (QED) is 0.753. The predicted octanol–water partition coefficient (Wildman–Crippen LogP) is 4.50. The van der Waals surface area contributed by atoms with Gasteiger partial charge in [0.15, 0.2) is 0 Å². The first-order valence-corrected chi connectivity index (χ1v) is 6.90. The number of hydrogen-bond acceptors (Lipinski definition) is 1. The number of rotatable bonds is 3. The second-order valence-electron chi connectivity index (χ2n) is 6.34. The molecule has 0 spiro atoms. The highest BCUT2D eigenvalue weighted by atomic mass is 79.9. The van der Waals surface area contributed by atoms with Crippen LogP contribution in [0.25, 0.3) is 0 Å². The standard InChI is InChI=1S/C15H22BrNO/c1-14(2,3)11-13(18)17(16)15(4,5)12-9-7-6-8-10-12/h6-10H,11H2,1-5H3. The zero-order valence-electron chi connectivity index (χ0n) is 11.8. The van der Waals surface area contributed by atoms with Crippen molar-refractivity contribution in [2.75, 3.05) is 0 Å². The van der Waals surface area contributed by atoms with E-state index in [9.17, 15) is 4.79 Å². The summed E-state index contributed by atoms with van der Waals surface area (Å²) in [5.41, 5.74) is 0.753. The molecule has 1 amide bonds. The minimum absolute atomic E-state index is 0.00410. The summed E-state index contributed by atoms with van der Waals surface area (Å²) in [6, 6.07) is 10.0. The molecule has 100 valence electrons. The third-order valence-corrected chi connectivity index (χ3v) is 4.15. The van der Waals surface area contributed by atoms with Gasteiger partial charge in [-0.1, -0.05) is 51.1 Å². The summed E-state index contributed by atoms with van der Waals surface area (Å²) in [5, 5.41) is 0. The molecule has 0 heterocycles. The second-order valence-corrected chi connectivity index (χ2v) is 7.05. The third kappa shape index (κ3) is 3.84. The van der Waals surface area contributed by atoms with Gasteiger partial charge in [-0.05, 0) is 24.8 Å². The van der Waals surface area contributed by atoms with Crippen LogP contribution < -0.4 is 0 Å². The van der Waals surface area contributed by atoms with Gasteiger partial charge in [0.1, 0.15) is 0 Å². The molecule has 0 aliphatic rings. The summed E-state index contributed by atoms with van der Waals surface area (Å²) in [7, 11) is 0. The Morgan fingerprint density at radius 1 is 1.11 bits per heavy atom. The van der Waals surface area contributed by atoms with Crippen LogP contribution in [-0.4, -0.2) is 9.83 Å². The highest BCUT2D eigenvalue weighted by Crippen LogP contribution is 2.33. The van der Waals surface area contributed by atoms with E-state index >= 15 is 0 Å². The minimum atomic E-state index is -0.358. The highest BCUT2D eigenvalue weighted by Gasteiger charge is 2.32. The van der Waals surface area contributed by atoms with Crippen molar-refractivity contribution in [3.05, 3.63) is 35.9 Å². The van der Waals surface area contributed by atoms with Crippen LogP contribution in [0.15, 0.2) is 30.3 Å². The molecule has 1 aromatic carbocycles. The van der Waals surface area contributed by atoms with Gasteiger partial charge in [0.05, 0.1) is 21.7 Å². The fourth-order valence-corrected chi connectivity index (χ4v) is 2.12. The Kier molecular flexibility index (Phi) is 4.60. The summed E-state index contributed by atoms with van der Waals surface area (Å²) in [6.07, 6.45) is 0.522. The lowest BCUT2D eigenvalue weighted by Crippen LogP contribution is -2.39. The number of benzene rings is 1. The first-order valence-electron chi connectivity index (χ1n) is 6.19. The molecule has 0 saturated heterocycles. The average molecular weight is 312 g/mol. The lowest BCUT2D eigenvalue weighted by Gasteiger charge is -2.35. The molecule has 0 aliphatic heterocycles. The molecule has 0 N–H and O–H groups in total. The van der Waals surface area contributed by atoms with Gasteiger partial charge >= 0.3 is 0 Å². The van der Waals surface area contributed by atoms with Gasteiger partial charge < -0.3 is 0 Å². The van der Waals surface area contributed by atoms with Gasteiger partial charge in [-0.2, -0.15) is 0 Å². The first-order chi connectivity index (χ1) is 8.14. The maximum absolute atomic E-state index is 12.3. The average Bonchev–Trinajstić information content (AvgIpc) is 2.27. The van der Waals surface area contributed by atoms with E-state index in [4.69, 9.17) is 0 Å². The van der Waals surface area contributed by atoms with Crippen LogP contribution >= 0.6 is 16.1 Å². The van der Waals surface area contributed by atoms with Crippen molar-refractivity contribution < 1.29 is 4.79 Å². The molecular weight excluding hydrogens is 290 g/mol. The van der Waals surface area contributed by atoms with E-state index in [0.29, 0.717) is 6.42 Å². The Morgan fingerprint density at radius 2 is 1.61 bits per heavy atom. The summed E-state index contributed by atoms with van der Waals surface area (Å²) in [6.45, 7) is 10.3. The lowest BCUT2D eigenvalue weighted by atomic mass is 9.89. The molecule has 0 atom stereocenters. The SMILES string of the molecule is CC(C)(C)CC(=O)N(Br)C(C)(C)c1ccccc1. The van der Waals surface area contributed by atoms with E-state index in [1.807, 2.05) is 44.2 Å². The Labute approximate surface area is 119 Å². The van der Waals surface area contributed by atoms with Gasteiger partial charge in [0.25, 0.3) is 0 Å². The fraction of sp³-hybridized carbons (Fsp3) is 0.533. The van der Waals surface area contributed by atoms with Crippen molar-refractivity contribution in [3.63, 3.8) is 0 Å². The minimum Gasteiger partial charge on any atom is -0.274 e. The molecule has 0 fully saturated rings. The van der Waals surface area contributed by atoms with Gasteiger partial charge in [-0.25, -0.2) is 0 Å². The summed E-state index contributed by atoms with van der Waals surface area (Å²) >= 11 is 3.44. The van der Waals surface area contributed by atoms with Crippen molar-refractivity contribution in [3.8, 4) is 0 Å². The zero-order chi connectivity index (χ0) is 14.0. The molecule has 0 radical (unpaired) electrons. The van der Waals surface area contributed by atoms with Crippen LogP contribution in [-0.2, 0) is 10.3 Å². The van der Waals surface area contributed by atoms with E-state index < -0.39 is 0 Å². The number of halogens is 1. The molecule has 1 aromatic rings. The molecule has 0 aliphatic carbocycles. The van der Waals surface area contributed by atoms with E-state index in [-0.39, 0.29) is 16.9 Å². The fourth-order valence-electron chi connectivity index (χ4n) is 1.79. The van der Waals surface area contributed by atoms with E-state index in [1.165, 1.54) is 0 Å². The van der Waals surface area contributed by atoms with Gasteiger partial charge in [0.2, 0.25) is 5.91 Å². The summed E-state index contributed by atoms with van der Waals surface area (Å²) in [4.78, 5) is 12.3. The Morgan fingerprint density at radius 3 is 2.06 bits per heavy atom. The van der Waals surface area contributed by atoms with Crippen LogP contribution in [0.3, 0.4) is 0 Å². The number of carbonyl (C=O) groups excluding carboxylic acids is 1. The van der Waals surface area contributed by atoms with Crippen molar-refractivity contribution in [1.29, 1.82) is 0 Å². The first kappa shape index (κ1) is 15.2. The van der Waals surface area contributed by atoms with Crippen molar-refractivity contribution in [1.82, 2.24) is 3.93 Å². The Hall–Kier alpha value is -0.830. The molecule has 0 aromatic heterocycles. The molecule has 2 nitrogen and oxygen atoms in total. The van der Waals surface area contributed by atoms with Crippen LogP contribution in [0, 0.1) is 5.41 Å². The number of amides is 1. The molecule has 18 heavy (non-hydrogen) atoms. The topological polar surface area (TPSA) is 20.3 Å². The van der Waals surface area contributed by atoms with Crippen molar-refractivity contribution >= 4 is 22.1 Å². The largest absolute Gasteiger partial charge is 0.274 e. The maximum atomic E-state index is 12.3. The van der Waals surface area contributed by atoms with Crippen molar-refractivity contribution in [2.24, 2.45) is 5.41 Å². The van der Waals surface area contributed by atoms with Crippen LogP contribution in [0.4, 0.5) is 0 Å². The van der Waals surface area contributed by atoms with E-state index in [2.05, 4.69) is 36.9 Å². The zero-order valence-corrected chi connectivity index (χ0v) is 13.4. The number of hydrogen-bond donors (Lipinski definition) is 0. The molecular formula is C15H22BrNO. The van der Waals surface area contributed by atoms with Gasteiger partial charge in [-0.15, -0.1) is 0 Å². The highest BCUT2D eigenvalue weighted by molar-refractivity contribution is 9.07. The number of nitrogens with zero attached hydrogens (tertiary/aromatic N) is 1. The molecule has 0 saturated carbocycles. The molecule has 0 unspecified atom stereocenters. The molecule has 0 bridgehead atoms.